The fourth-order valence-electron chi connectivity index (χ4n) is 3.89. The number of nitrogens with zero attached hydrogens (tertiary/aromatic N) is 5. The number of urea groups is 1. The number of piperazine rings is 1. The van der Waals surface area contributed by atoms with Gasteiger partial charge in [-0.15, -0.1) is 10.2 Å². The fraction of sp³-hybridized carbons (Fsp3) is 0.520. The number of ether oxygens (including phenoxy) is 2. The Balaban J connectivity index is 1.58. The summed E-state index contributed by atoms with van der Waals surface area (Å²) in [6, 6.07) is 9.22. The van der Waals surface area contributed by atoms with E-state index >= 15 is 0 Å². The molecule has 3 rings (SSSR count). The van der Waals surface area contributed by atoms with Crippen molar-refractivity contribution in [3.63, 3.8) is 0 Å². The van der Waals surface area contributed by atoms with E-state index in [0.29, 0.717) is 37.7 Å². The van der Waals surface area contributed by atoms with Gasteiger partial charge in [-0.2, -0.15) is 0 Å². The van der Waals surface area contributed by atoms with Crippen molar-refractivity contribution < 1.29 is 19.1 Å². The van der Waals surface area contributed by atoms with Gasteiger partial charge in [0.1, 0.15) is 6.54 Å². The molecule has 0 radical (unpaired) electrons. The molecule has 0 saturated carbocycles. The molecule has 35 heavy (non-hydrogen) atoms. The predicted octanol–water partition coefficient (Wildman–Crippen LogP) is 2.64. The Morgan fingerprint density at radius 1 is 0.971 bits per heavy atom. The second kappa shape index (κ2) is 11.7. The van der Waals surface area contributed by atoms with E-state index in [1.54, 1.807) is 24.0 Å². The van der Waals surface area contributed by atoms with Gasteiger partial charge in [0.15, 0.2) is 17.3 Å². The summed E-state index contributed by atoms with van der Waals surface area (Å²) in [5.74, 6) is 2.01. The summed E-state index contributed by atoms with van der Waals surface area (Å²) in [5, 5.41) is 11.7. The number of methoxy groups -OCH3 is 2. The van der Waals surface area contributed by atoms with Crippen molar-refractivity contribution in [2.45, 2.75) is 39.8 Å². The summed E-state index contributed by atoms with van der Waals surface area (Å²) in [5.41, 5.74) is 1.62. The topological polar surface area (TPSA) is 100 Å². The second-order valence-electron chi connectivity index (χ2n) is 9.04. The molecule has 10 nitrogen and oxygen atoms in total. The summed E-state index contributed by atoms with van der Waals surface area (Å²) < 4.78 is 10.7. The molecule has 3 amide bonds. The van der Waals surface area contributed by atoms with Gasteiger partial charge in [-0.3, -0.25) is 4.79 Å². The third kappa shape index (κ3) is 6.52. The second-order valence-corrected chi connectivity index (χ2v) is 9.04. The minimum atomic E-state index is -0.216. The van der Waals surface area contributed by atoms with Crippen LogP contribution in [0.2, 0.25) is 0 Å². The van der Waals surface area contributed by atoms with Gasteiger partial charge in [0.2, 0.25) is 5.91 Å². The zero-order valence-corrected chi connectivity index (χ0v) is 21.4. The van der Waals surface area contributed by atoms with E-state index in [2.05, 4.69) is 20.4 Å². The maximum Gasteiger partial charge on any atom is 0.318 e. The molecule has 1 aliphatic rings. The lowest BCUT2D eigenvalue weighted by Gasteiger charge is -2.37. The number of benzene rings is 1. The smallest absolute Gasteiger partial charge is 0.318 e. The molecule has 190 valence electrons. The lowest BCUT2D eigenvalue weighted by molar-refractivity contribution is -0.132. The molecule has 1 saturated heterocycles. The molecule has 0 spiro atoms. The summed E-state index contributed by atoms with van der Waals surface area (Å²) in [4.78, 5) is 30.8. The molecule has 1 aromatic carbocycles. The monoisotopic (exact) mass is 484 g/mol. The van der Waals surface area contributed by atoms with E-state index in [4.69, 9.17) is 9.47 Å². The largest absolute Gasteiger partial charge is 0.493 e. The van der Waals surface area contributed by atoms with Crippen LogP contribution in [0.15, 0.2) is 30.3 Å². The first kappa shape index (κ1) is 26.1. The number of carbonyl (C=O) groups excluding carboxylic acids is 2. The van der Waals surface area contributed by atoms with Gasteiger partial charge in [-0.25, -0.2) is 4.79 Å². The van der Waals surface area contributed by atoms with Crippen molar-refractivity contribution in [2.75, 3.05) is 51.8 Å². The van der Waals surface area contributed by atoms with Crippen LogP contribution < -0.4 is 19.7 Å². The van der Waals surface area contributed by atoms with Gasteiger partial charge in [-0.1, -0.05) is 0 Å². The molecule has 0 unspecified atom stereocenters. The van der Waals surface area contributed by atoms with E-state index in [1.807, 2.05) is 58.0 Å². The Morgan fingerprint density at radius 3 is 2.20 bits per heavy atom. The van der Waals surface area contributed by atoms with Crippen LogP contribution in [0.25, 0.3) is 11.3 Å². The van der Waals surface area contributed by atoms with Crippen molar-refractivity contribution >= 4 is 17.8 Å². The summed E-state index contributed by atoms with van der Waals surface area (Å²) in [7, 11) is 3.20. The minimum Gasteiger partial charge on any atom is -0.493 e. The first-order valence-corrected chi connectivity index (χ1v) is 11.9. The van der Waals surface area contributed by atoms with Crippen LogP contribution in [-0.2, 0) is 4.79 Å². The predicted molar refractivity (Wildman–Crippen MR) is 135 cm³/mol. The fourth-order valence-corrected chi connectivity index (χ4v) is 3.89. The molecule has 0 bridgehead atoms. The van der Waals surface area contributed by atoms with E-state index < -0.39 is 0 Å². The number of hydrogen-bond acceptors (Lipinski definition) is 7. The molecule has 1 fully saturated rings. The molecule has 10 heteroatoms. The number of amides is 3. The Bertz CT molecular complexity index is 1000. The Morgan fingerprint density at radius 2 is 1.66 bits per heavy atom. The van der Waals surface area contributed by atoms with Crippen LogP contribution in [0.5, 0.6) is 11.5 Å². The SMILES string of the molecule is COc1ccc(-c2ccc(N3CCN(C(=O)CN(C(=O)NC(C)C)C(C)C)CC3)nn2)cc1OC. The number of aromatic nitrogens is 2. The summed E-state index contributed by atoms with van der Waals surface area (Å²) >= 11 is 0. The number of anilines is 1. The first-order chi connectivity index (χ1) is 16.7. The van der Waals surface area contributed by atoms with E-state index in [1.165, 1.54) is 0 Å². The van der Waals surface area contributed by atoms with Crippen LogP contribution in [-0.4, -0.2) is 91.0 Å². The maximum atomic E-state index is 12.9. The molecule has 0 atom stereocenters. The highest BCUT2D eigenvalue weighted by Crippen LogP contribution is 2.31. The number of nitrogens with one attached hydrogen (secondary N) is 1. The lowest BCUT2D eigenvalue weighted by Crippen LogP contribution is -2.54. The maximum absolute atomic E-state index is 12.9. The molecule has 1 N–H and O–H groups in total. The molecular formula is C25H36N6O4. The molecule has 1 aromatic heterocycles. The van der Waals surface area contributed by atoms with Gasteiger partial charge in [-0.05, 0) is 58.0 Å². The van der Waals surface area contributed by atoms with Crippen molar-refractivity contribution in [3.8, 4) is 22.8 Å². The zero-order chi connectivity index (χ0) is 25.5. The average Bonchev–Trinajstić information content (AvgIpc) is 2.86. The highest BCUT2D eigenvalue weighted by Gasteiger charge is 2.27. The third-order valence-corrected chi connectivity index (χ3v) is 5.89. The number of carbonyl (C=O) groups is 2. The molecule has 1 aliphatic heterocycles. The minimum absolute atomic E-state index is 0.0154. The van der Waals surface area contributed by atoms with E-state index in [-0.39, 0.29) is 30.6 Å². The van der Waals surface area contributed by atoms with Gasteiger partial charge in [0, 0.05) is 43.8 Å². The normalized spacial score (nSPS) is 13.7. The molecule has 0 aliphatic carbocycles. The van der Waals surface area contributed by atoms with Gasteiger partial charge in [0.25, 0.3) is 0 Å². The number of rotatable bonds is 8. The Kier molecular flexibility index (Phi) is 8.73. The number of hydrogen-bond donors (Lipinski definition) is 1. The van der Waals surface area contributed by atoms with Gasteiger partial charge in [0.05, 0.1) is 19.9 Å². The first-order valence-electron chi connectivity index (χ1n) is 11.9. The zero-order valence-electron chi connectivity index (χ0n) is 21.4. The lowest BCUT2D eigenvalue weighted by atomic mass is 10.1. The highest BCUT2D eigenvalue weighted by molar-refractivity contribution is 5.84. The molecular weight excluding hydrogens is 448 g/mol. The Labute approximate surface area is 207 Å². The van der Waals surface area contributed by atoms with Crippen LogP contribution in [0.3, 0.4) is 0 Å². The third-order valence-electron chi connectivity index (χ3n) is 5.89. The van der Waals surface area contributed by atoms with E-state index in [9.17, 15) is 9.59 Å². The van der Waals surface area contributed by atoms with Crippen LogP contribution in [0, 0.1) is 0 Å². The van der Waals surface area contributed by atoms with Crippen molar-refractivity contribution in [2.24, 2.45) is 0 Å². The van der Waals surface area contributed by atoms with Crippen LogP contribution in [0.4, 0.5) is 10.6 Å². The van der Waals surface area contributed by atoms with E-state index in [0.717, 1.165) is 17.1 Å². The van der Waals surface area contributed by atoms with Crippen molar-refractivity contribution in [1.82, 2.24) is 25.3 Å². The summed E-state index contributed by atoms with van der Waals surface area (Å²) in [6.07, 6.45) is 0. The highest BCUT2D eigenvalue weighted by atomic mass is 16.5. The summed E-state index contributed by atoms with van der Waals surface area (Å²) in [6.45, 7) is 10.1. The van der Waals surface area contributed by atoms with Gasteiger partial charge < -0.3 is 29.5 Å². The quantitative estimate of drug-likeness (QED) is 0.615. The van der Waals surface area contributed by atoms with Crippen LogP contribution >= 0.6 is 0 Å². The standard InChI is InChI=1S/C25H36N6O4/c1-17(2)26-25(33)31(18(3)4)16-24(32)30-13-11-29(12-14-30)23-10-8-20(27-28-23)19-7-9-21(34-5)22(15-19)35-6/h7-10,15,17-18H,11-14,16H2,1-6H3,(H,26,33). The average molecular weight is 485 g/mol. The molecule has 2 aromatic rings. The van der Waals surface area contributed by atoms with Crippen LogP contribution in [0.1, 0.15) is 27.7 Å². The van der Waals surface area contributed by atoms with Gasteiger partial charge >= 0.3 is 6.03 Å². The van der Waals surface area contributed by atoms with Crippen molar-refractivity contribution in [1.29, 1.82) is 0 Å². The van der Waals surface area contributed by atoms with Crippen molar-refractivity contribution in [3.05, 3.63) is 30.3 Å². The molecule has 2 heterocycles. The Hall–Kier alpha value is -3.56.